The normalized spacial score (nSPS) is 14.0. The molecule has 0 amide bonds. The number of rotatable bonds is 8. The Bertz CT molecular complexity index is 2650. The minimum atomic E-state index is -0.0505. The van der Waals surface area contributed by atoms with Crippen LogP contribution in [0.5, 0.6) is 0 Å². The summed E-state index contributed by atoms with van der Waals surface area (Å²) in [4.78, 5) is 7.23. The van der Waals surface area contributed by atoms with Gasteiger partial charge in [-0.3, -0.25) is 0 Å². The molecule has 0 saturated heterocycles. The monoisotopic (exact) mass is 706 g/mol. The molecule has 2 aliphatic rings. The third kappa shape index (κ3) is 5.81. The van der Waals surface area contributed by atoms with Gasteiger partial charge in [0, 0.05) is 39.7 Å². The SMILES string of the molecule is C1=CC2Nc3c(c(N(c4ccccc4)c4ccc(-c5ccccc5)cc4)c4ccccc4c3N(c3ccccc3)c3ccc(-c4ccccc4)cc3)N2C=C1. The molecule has 8 aromatic carbocycles. The van der Waals surface area contributed by atoms with E-state index in [1.807, 2.05) is 0 Å². The van der Waals surface area contributed by atoms with Gasteiger partial charge in [-0.05, 0) is 82.9 Å². The lowest BCUT2D eigenvalue weighted by molar-refractivity contribution is 0.907. The summed E-state index contributed by atoms with van der Waals surface area (Å²) in [7, 11) is 0. The molecule has 0 aromatic heterocycles. The molecule has 1 N–H and O–H groups in total. The molecule has 0 spiro atoms. The summed E-state index contributed by atoms with van der Waals surface area (Å²) in [6.45, 7) is 0. The van der Waals surface area contributed by atoms with Crippen LogP contribution in [0.15, 0.2) is 219 Å². The van der Waals surface area contributed by atoms with Crippen molar-refractivity contribution in [3.05, 3.63) is 219 Å². The quantitative estimate of drug-likeness (QED) is 0.159. The van der Waals surface area contributed by atoms with Crippen LogP contribution in [-0.2, 0) is 0 Å². The Morgan fingerprint density at radius 1 is 0.382 bits per heavy atom. The highest BCUT2D eigenvalue weighted by molar-refractivity contribution is 6.20. The summed E-state index contributed by atoms with van der Waals surface area (Å²) in [5.41, 5.74) is 13.5. The van der Waals surface area contributed by atoms with E-state index in [1.165, 1.54) is 22.3 Å². The maximum absolute atomic E-state index is 4.00. The lowest BCUT2D eigenvalue weighted by Gasteiger charge is -2.34. The third-order valence-electron chi connectivity index (χ3n) is 10.6. The molecule has 1 atom stereocenters. The zero-order valence-corrected chi connectivity index (χ0v) is 30.2. The van der Waals surface area contributed by atoms with E-state index in [1.54, 1.807) is 0 Å². The molecule has 10 rings (SSSR count). The molecule has 0 saturated carbocycles. The van der Waals surface area contributed by atoms with Crippen molar-refractivity contribution in [2.75, 3.05) is 20.0 Å². The Labute approximate surface area is 322 Å². The summed E-state index contributed by atoms with van der Waals surface area (Å²) in [5.74, 6) is 0. The van der Waals surface area contributed by atoms with E-state index in [-0.39, 0.29) is 6.17 Å². The summed E-state index contributed by atoms with van der Waals surface area (Å²) in [6, 6.07) is 69.4. The van der Waals surface area contributed by atoms with Gasteiger partial charge in [-0.1, -0.05) is 152 Å². The summed E-state index contributed by atoms with van der Waals surface area (Å²) >= 11 is 0. The maximum Gasteiger partial charge on any atom is 0.123 e. The van der Waals surface area contributed by atoms with Crippen LogP contribution in [0.3, 0.4) is 0 Å². The first kappa shape index (κ1) is 32.4. The Hall–Kier alpha value is -7.30. The molecule has 0 fully saturated rings. The number of fused-ring (bicyclic) bond motifs is 4. The van der Waals surface area contributed by atoms with Crippen LogP contribution in [0.1, 0.15) is 0 Å². The smallest absolute Gasteiger partial charge is 0.123 e. The lowest BCUT2D eigenvalue weighted by Crippen LogP contribution is -2.31. The third-order valence-corrected chi connectivity index (χ3v) is 10.6. The van der Waals surface area contributed by atoms with E-state index in [4.69, 9.17) is 0 Å². The minimum Gasteiger partial charge on any atom is -0.358 e. The molecule has 8 aromatic rings. The molecule has 4 nitrogen and oxygen atoms in total. The second kappa shape index (κ2) is 13.9. The van der Waals surface area contributed by atoms with Crippen LogP contribution in [0.25, 0.3) is 33.0 Å². The second-order valence-corrected chi connectivity index (χ2v) is 13.9. The molecule has 262 valence electrons. The first-order valence-electron chi connectivity index (χ1n) is 18.8. The molecule has 0 aliphatic carbocycles. The van der Waals surface area contributed by atoms with Crippen LogP contribution in [-0.4, -0.2) is 6.17 Å². The number of benzene rings is 8. The van der Waals surface area contributed by atoms with Gasteiger partial charge in [0.05, 0.1) is 22.7 Å². The van der Waals surface area contributed by atoms with Crippen molar-refractivity contribution in [3.63, 3.8) is 0 Å². The lowest BCUT2D eigenvalue weighted by atomic mass is 9.98. The van der Waals surface area contributed by atoms with Crippen LogP contribution in [0, 0.1) is 0 Å². The van der Waals surface area contributed by atoms with Crippen LogP contribution >= 0.6 is 0 Å². The predicted molar refractivity (Wildman–Crippen MR) is 232 cm³/mol. The average molecular weight is 707 g/mol. The van der Waals surface area contributed by atoms with Gasteiger partial charge in [-0.2, -0.15) is 0 Å². The van der Waals surface area contributed by atoms with Crippen molar-refractivity contribution < 1.29 is 0 Å². The maximum atomic E-state index is 4.00. The highest BCUT2D eigenvalue weighted by Gasteiger charge is 2.38. The molecule has 4 heteroatoms. The van der Waals surface area contributed by atoms with Crippen molar-refractivity contribution in [1.82, 2.24) is 0 Å². The standard InChI is InChI=1S/C51H38N4/c1-5-17-37(18-6-1)39-28-32-43(33-29-39)54(41-21-9-3-10-22-41)49-45-25-13-14-26-46(45)50(51-48(49)52-47-27-15-16-36-53(47)51)55(42-23-11-4-12-24-42)44-34-30-40(31-35-44)38-19-7-2-8-20-38/h1-36,47,52H. The number of allylic oxidation sites excluding steroid dienone is 2. The molecular weight excluding hydrogens is 669 g/mol. The van der Waals surface area contributed by atoms with Crippen LogP contribution in [0.4, 0.5) is 45.5 Å². The van der Waals surface area contributed by atoms with E-state index in [2.05, 4.69) is 239 Å². The average Bonchev–Trinajstić information content (AvgIpc) is 3.66. The number of hydrogen-bond donors (Lipinski definition) is 1. The molecule has 1 unspecified atom stereocenters. The molecule has 0 bridgehead atoms. The van der Waals surface area contributed by atoms with Crippen molar-refractivity contribution in [2.45, 2.75) is 6.17 Å². The predicted octanol–water partition coefficient (Wildman–Crippen LogP) is 13.8. The first-order chi connectivity index (χ1) is 27.3. The largest absolute Gasteiger partial charge is 0.358 e. The molecule has 2 heterocycles. The van der Waals surface area contributed by atoms with Crippen molar-refractivity contribution in [2.24, 2.45) is 0 Å². The first-order valence-corrected chi connectivity index (χ1v) is 18.8. The number of anilines is 8. The van der Waals surface area contributed by atoms with Gasteiger partial charge in [-0.25, -0.2) is 0 Å². The number of hydrogen-bond acceptors (Lipinski definition) is 4. The second-order valence-electron chi connectivity index (χ2n) is 13.9. The van der Waals surface area contributed by atoms with Crippen LogP contribution < -0.4 is 20.0 Å². The van der Waals surface area contributed by atoms with Gasteiger partial charge < -0.3 is 20.0 Å². The van der Waals surface area contributed by atoms with E-state index in [9.17, 15) is 0 Å². The zero-order chi connectivity index (χ0) is 36.6. The number of nitrogens with one attached hydrogen (secondary N) is 1. The Kier molecular flexibility index (Phi) is 8.19. The van der Waals surface area contributed by atoms with E-state index < -0.39 is 0 Å². The molecular formula is C51H38N4. The number of nitrogens with zero attached hydrogens (tertiary/aromatic N) is 3. The van der Waals surface area contributed by atoms with Crippen molar-refractivity contribution >= 4 is 56.3 Å². The fraction of sp³-hybridized carbons (Fsp3) is 0.0196. The topological polar surface area (TPSA) is 21.8 Å². The zero-order valence-electron chi connectivity index (χ0n) is 30.2. The van der Waals surface area contributed by atoms with Gasteiger partial charge >= 0.3 is 0 Å². The van der Waals surface area contributed by atoms with Gasteiger partial charge in [0.1, 0.15) is 6.17 Å². The molecule has 2 aliphatic heterocycles. The minimum absolute atomic E-state index is 0.0505. The van der Waals surface area contributed by atoms with Gasteiger partial charge in [0.25, 0.3) is 0 Å². The fourth-order valence-corrected chi connectivity index (χ4v) is 8.05. The molecule has 0 radical (unpaired) electrons. The Balaban J connectivity index is 1.24. The highest BCUT2D eigenvalue weighted by atomic mass is 15.4. The van der Waals surface area contributed by atoms with Gasteiger partial charge in [-0.15, -0.1) is 0 Å². The summed E-state index contributed by atoms with van der Waals surface area (Å²) < 4.78 is 0. The Morgan fingerprint density at radius 3 is 1.29 bits per heavy atom. The fourth-order valence-electron chi connectivity index (χ4n) is 8.05. The summed E-state index contributed by atoms with van der Waals surface area (Å²) in [6.07, 6.45) is 8.65. The van der Waals surface area contributed by atoms with E-state index in [0.717, 1.165) is 56.3 Å². The van der Waals surface area contributed by atoms with Crippen LogP contribution in [0.2, 0.25) is 0 Å². The molecule has 55 heavy (non-hydrogen) atoms. The Morgan fingerprint density at radius 2 is 0.782 bits per heavy atom. The van der Waals surface area contributed by atoms with Crippen molar-refractivity contribution in [1.29, 1.82) is 0 Å². The van der Waals surface area contributed by atoms with E-state index in [0.29, 0.717) is 0 Å². The van der Waals surface area contributed by atoms with Gasteiger partial charge in [0.15, 0.2) is 0 Å². The van der Waals surface area contributed by atoms with Gasteiger partial charge in [0.2, 0.25) is 0 Å². The summed E-state index contributed by atoms with van der Waals surface area (Å²) in [5, 5.41) is 6.30. The van der Waals surface area contributed by atoms with E-state index >= 15 is 0 Å². The highest BCUT2D eigenvalue weighted by Crippen LogP contribution is 2.58. The number of para-hydroxylation sites is 2. The van der Waals surface area contributed by atoms with Crippen molar-refractivity contribution in [3.8, 4) is 22.3 Å².